The highest BCUT2D eigenvalue weighted by Crippen LogP contribution is 2.37. The van der Waals surface area contributed by atoms with Crippen molar-refractivity contribution >= 4 is 40.8 Å². The molecule has 5 heterocycles. The molecule has 2 saturated heterocycles. The predicted molar refractivity (Wildman–Crippen MR) is 158 cm³/mol. The Labute approximate surface area is 265 Å². The molecule has 2 aliphatic rings. The summed E-state index contributed by atoms with van der Waals surface area (Å²) in [5.74, 6) is -0.906. The van der Waals surface area contributed by atoms with Gasteiger partial charge in [0, 0.05) is 80.2 Å². The van der Waals surface area contributed by atoms with E-state index in [9.17, 15) is 23.2 Å². The zero-order valence-electron chi connectivity index (χ0n) is 24.3. The lowest BCUT2D eigenvalue weighted by Crippen LogP contribution is -2.37. The molecule has 0 aliphatic carbocycles. The standard InChI is InChI=1S/C29H29ClF2N8O6/c30-19-3-4-23(46-28(31)32)20(9-19)25-22(35-27(43)21-10-34-40-6-1-5-33-26(21)40)15-39(36-25)16-24(42)37-11-17-13-38(14-18(17)12-37)29(44)45-8-2-7-41/h1,3-6,9-10,15,17-18,28,41H,2,7-8,11-14,16H2,(H,35,43)/t17-,18+. The number of aromatic nitrogens is 5. The first-order chi connectivity index (χ1) is 22.2. The number of ether oxygens (including phenoxy) is 2. The molecule has 2 N–H and O–H groups in total. The largest absolute Gasteiger partial charge is 0.449 e. The number of carbonyl (C=O) groups is 3. The molecule has 17 heteroatoms. The summed E-state index contributed by atoms with van der Waals surface area (Å²) in [5, 5.41) is 20.5. The first kappa shape index (κ1) is 31.2. The van der Waals surface area contributed by atoms with Gasteiger partial charge in [-0.3, -0.25) is 14.3 Å². The van der Waals surface area contributed by atoms with Crippen molar-refractivity contribution in [3.05, 3.63) is 59.6 Å². The van der Waals surface area contributed by atoms with Gasteiger partial charge in [-0.2, -0.15) is 19.0 Å². The average Bonchev–Trinajstić information content (AvgIpc) is 3.80. The fourth-order valence-corrected chi connectivity index (χ4v) is 5.93. The van der Waals surface area contributed by atoms with Gasteiger partial charge >= 0.3 is 12.7 Å². The molecule has 0 saturated carbocycles. The molecule has 1 aromatic carbocycles. The summed E-state index contributed by atoms with van der Waals surface area (Å²) in [6.45, 7) is -1.50. The first-order valence-electron chi connectivity index (χ1n) is 14.4. The molecule has 2 aliphatic heterocycles. The highest BCUT2D eigenvalue weighted by Gasteiger charge is 2.43. The van der Waals surface area contributed by atoms with Crippen LogP contribution >= 0.6 is 11.6 Å². The number of nitrogens with one attached hydrogen (secondary N) is 1. The molecule has 46 heavy (non-hydrogen) atoms. The van der Waals surface area contributed by atoms with Crippen LogP contribution in [-0.2, 0) is 16.1 Å². The molecule has 242 valence electrons. The summed E-state index contributed by atoms with van der Waals surface area (Å²) in [6, 6.07) is 5.68. The lowest BCUT2D eigenvalue weighted by molar-refractivity contribution is -0.131. The molecular formula is C29H29ClF2N8O6. The molecule has 3 aromatic heterocycles. The second-order valence-corrected chi connectivity index (χ2v) is 11.4. The first-order valence-corrected chi connectivity index (χ1v) is 14.8. The topological polar surface area (TPSA) is 156 Å². The van der Waals surface area contributed by atoms with Crippen molar-refractivity contribution in [3.63, 3.8) is 0 Å². The number of aliphatic hydroxyl groups is 1. The van der Waals surface area contributed by atoms with E-state index in [0.29, 0.717) is 38.2 Å². The van der Waals surface area contributed by atoms with Gasteiger partial charge in [0.1, 0.15) is 23.6 Å². The highest BCUT2D eigenvalue weighted by molar-refractivity contribution is 6.31. The van der Waals surface area contributed by atoms with Crippen molar-refractivity contribution in [2.45, 2.75) is 19.6 Å². The van der Waals surface area contributed by atoms with Gasteiger partial charge in [-0.05, 0) is 24.3 Å². The number of fused-ring (bicyclic) bond motifs is 2. The molecule has 6 rings (SSSR count). The maximum Gasteiger partial charge on any atom is 0.409 e. The second-order valence-electron chi connectivity index (χ2n) is 10.9. The molecule has 0 spiro atoms. The zero-order valence-corrected chi connectivity index (χ0v) is 25.0. The maximum absolute atomic E-state index is 13.4. The van der Waals surface area contributed by atoms with Gasteiger partial charge < -0.3 is 29.7 Å². The molecule has 0 bridgehead atoms. The van der Waals surface area contributed by atoms with Crippen LogP contribution in [0, 0.1) is 11.8 Å². The van der Waals surface area contributed by atoms with E-state index in [4.69, 9.17) is 26.2 Å². The van der Waals surface area contributed by atoms with E-state index in [-0.39, 0.29) is 70.8 Å². The fourth-order valence-electron chi connectivity index (χ4n) is 5.76. The van der Waals surface area contributed by atoms with Crippen LogP contribution in [0.5, 0.6) is 5.75 Å². The van der Waals surface area contributed by atoms with Gasteiger partial charge in [0.15, 0.2) is 5.65 Å². The smallest absolute Gasteiger partial charge is 0.409 e. The Morgan fingerprint density at radius 2 is 1.89 bits per heavy atom. The minimum atomic E-state index is -3.14. The van der Waals surface area contributed by atoms with Gasteiger partial charge in [0.25, 0.3) is 5.91 Å². The summed E-state index contributed by atoms with van der Waals surface area (Å²) < 4.78 is 39.2. The van der Waals surface area contributed by atoms with Crippen LogP contribution in [0.3, 0.4) is 0 Å². The van der Waals surface area contributed by atoms with E-state index >= 15 is 0 Å². The number of halogens is 3. The number of hydrogen-bond donors (Lipinski definition) is 2. The van der Waals surface area contributed by atoms with Crippen LogP contribution in [0.2, 0.25) is 5.02 Å². The van der Waals surface area contributed by atoms with E-state index in [1.165, 1.54) is 46.0 Å². The summed E-state index contributed by atoms with van der Waals surface area (Å²) in [7, 11) is 0. The molecule has 2 atom stereocenters. The van der Waals surface area contributed by atoms with Crippen LogP contribution in [0.1, 0.15) is 16.8 Å². The molecule has 3 amide bonds. The van der Waals surface area contributed by atoms with Crippen molar-refractivity contribution in [1.29, 1.82) is 0 Å². The van der Waals surface area contributed by atoms with Gasteiger partial charge in [-0.25, -0.2) is 14.3 Å². The van der Waals surface area contributed by atoms with Gasteiger partial charge in [-0.15, -0.1) is 0 Å². The lowest BCUT2D eigenvalue weighted by atomic mass is 10.0. The lowest BCUT2D eigenvalue weighted by Gasteiger charge is -2.21. The summed E-state index contributed by atoms with van der Waals surface area (Å²) in [5.41, 5.74) is 0.695. The average molecular weight is 659 g/mol. The number of anilines is 1. The second kappa shape index (κ2) is 13.3. The third-order valence-electron chi connectivity index (χ3n) is 7.87. The minimum absolute atomic E-state index is 0.0531. The quantitative estimate of drug-likeness (QED) is 0.245. The van der Waals surface area contributed by atoms with Crippen molar-refractivity contribution in [1.82, 2.24) is 34.2 Å². The Morgan fingerprint density at radius 3 is 2.63 bits per heavy atom. The van der Waals surface area contributed by atoms with Crippen molar-refractivity contribution < 1.29 is 37.7 Å². The van der Waals surface area contributed by atoms with E-state index in [0.717, 1.165) is 0 Å². The summed E-state index contributed by atoms with van der Waals surface area (Å²) in [4.78, 5) is 46.6. The number of aliphatic hydroxyl groups excluding tert-OH is 1. The summed E-state index contributed by atoms with van der Waals surface area (Å²) >= 11 is 6.21. The number of alkyl halides is 2. The van der Waals surface area contributed by atoms with E-state index < -0.39 is 18.6 Å². The Balaban J connectivity index is 1.21. The van der Waals surface area contributed by atoms with Gasteiger partial charge in [0.05, 0.1) is 18.5 Å². The number of rotatable bonds is 10. The van der Waals surface area contributed by atoms with Crippen LogP contribution in [0.4, 0.5) is 19.3 Å². The normalized spacial score (nSPS) is 17.5. The molecular weight excluding hydrogens is 630 g/mol. The third kappa shape index (κ3) is 6.57. The molecule has 0 radical (unpaired) electrons. The van der Waals surface area contributed by atoms with Crippen LogP contribution in [0.15, 0.2) is 49.1 Å². The number of nitrogens with zero attached hydrogens (tertiary/aromatic N) is 7. The van der Waals surface area contributed by atoms with E-state index in [1.54, 1.807) is 22.1 Å². The van der Waals surface area contributed by atoms with E-state index in [1.807, 2.05) is 0 Å². The molecule has 2 fully saturated rings. The zero-order chi connectivity index (χ0) is 32.4. The number of benzene rings is 1. The number of carbonyl (C=O) groups excluding carboxylic acids is 3. The SMILES string of the molecule is O=C(Nc1cn(CC(=O)N2C[C@@H]3CN(C(=O)OCCCO)C[C@@H]3C2)nc1-c1cc(Cl)ccc1OC(F)F)c1cnn2cccnc12. The molecule has 4 aromatic rings. The van der Waals surface area contributed by atoms with Crippen molar-refractivity contribution in [2.24, 2.45) is 11.8 Å². The minimum Gasteiger partial charge on any atom is -0.449 e. The Bertz CT molecular complexity index is 1750. The van der Waals surface area contributed by atoms with E-state index in [2.05, 4.69) is 20.5 Å². The molecule has 0 unspecified atom stereocenters. The Hall–Kier alpha value is -4.83. The fraction of sp³-hybridized carbons (Fsp3) is 0.379. The van der Waals surface area contributed by atoms with Crippen LogP contribution < -0.4 is 10.1 Å². The Morgan fingerprint density at radius 1 is 1.13 bits per heavy atom. The number of likely N-dealkylation sites (tertiary alicyclic amines) is 2. The predicted octanol–water partition coefficient (Wildman–Crippen LogP) is 3.01. The number of amides is 3. The highest BCUT2D eigenvalue weighted by atomic mass is 35.5. The number of hydrogen-bond acceptors (Lipinski definition) is 9. The molecule has 14 nitrogen and oxygen atoms in total. The monoisotopic (exact) mass is 658 g/mol. The summed E-state index contributed by atoms with van der Waals surface area (Å²) in [6.07, 6.45) is 5.84. The van der Waals surface area contributed by atoms with Crippen LogP contribution in [-0.4, -0.2) is 103 Å². The Kier molecular flexibility index (Phi) is 8.99. The van der Waals surface area contributed by atoms with Gasteiger partial charge in [-0.1, -0.05) is 11.6 Å². The maximum atomic E-state index is 13.4. The third-order valence-corrected chi connectivity index (χ3v) is 8.10. The van der Waals surface area contributed by atoms with Gasteiger partial charge in [0.2, 0.25) is 5.91 Å². The van der Waals surface area contributed by atoms with Crippen molar-refractivity contribution in [3.8, 4) is 17.0 Å². The van der Waals surface area contributed by atoms with Crippen LogP contribution in [0.25, 0.3) is 16.9 Å². The van der Waals surface area contributed by atoms with Crippen molar-refractivity contribution in [2.75, 3.05) is 44.7 Å².